The van der Waals surface area contributed by atoms with Crippen LogP contribution in [0.1, 0.15) is 37.0 Å². The summed E-state index contributed by atoms with van der Waals surface area (Å²) in [6, 6.07) is 4.69. The van der Waals surface area contributed by atoms with Crippen LogP contribution in [0.5, 0.6) is 0 Å². The lowest BCUT2D eigenvalue weighted by molar-refractivity contribution is -0.385. The molecular formula is C14H16N2O5. The Labute approximate surface area is 121 Å². The van der Waals surface area contributed by atoms with E-state index in [2.05, 4.69) is 5.32 Å². The summed E-state index contributed by atoms with van der Waals surface area (Å²) in [5, 5.41) is 13.3. The van der Waals surface area contributed by atoms with Crippen LogP contribution in [-0.4, -0.2) is 28.4 Å². The van der Waals surface area contributed by atoms with E-state index in [1.54, 1.807) is 0 Å². The zero-order valence-corrected chi connectivity index (χ0v) is 11.8. The van der Waals surface area contributed by atoms with Gasteiger partial charge in [0.05, 0.1) is 11.0 Å². The summed E-state index contributed by atoms with van der Waals surface area (Å²) >= 11 is 0. The molecule has 1 aromatic carbocycles. The maximum absolute atomic E-state index is 12.0. The number of carbonyl (C=O) groups is 3. The van der Waals surface area contributed by atoms with Gasteiger partial charge in [0.15, 0.2) is 5.78 Å². The molecule has 112 valence electrons. The van der Waals surface area contributed by atoms with Gasteiger partial charge in [-0.1, -0.05) is 12.1 Å². The number of nitro benzene ring substituents is 1. The summed E-state index contributed by atoms with van der Waals surface area (Å²) < 4.78 is 0. The smallest absolute Gasteiger partial charge is 0.282 e. The van der Waals surface area contributed by atoms with Gasteiger partial charge < -0.3 is 10.1 Å². The second-order valence-corrected chi connectivity index (χ2v) is 4.64. The van der Waals surface area contributed by atoms with Gasteiger partial charge in [0.25, 0.3) is 11.6 Å². The number of ketones is 2. The topological polar surface area (TPSA) is 106 Å². The monoisotopic (exact) mass is 292 g/mol. The van der Waals surface area contributed by atoms with Gasteiger partial charge in [-0.15, -0.1) is 0 Å². The zero-order chi connectivity index (χ0) is 16.0. The second-order valence-electron chi connectivity index (χ2n) is 4.64. The SMILES string of the molecule is CC(=O)CCC(=O)C(C)NC(=O)c1ccccc1[N+](=O)[O-]. The molecule has 0 heterocycles. The predicted molar refractivity (Wildman–Crippen MR) is 74.9 cm³/mol. The fourth-order valence-corrected chi connectivity index (χ4v) is 1.70. The Hall–Kier alpha value is -2.57. The standard InChI is InChI=1S/C14H16N2O5/c1-9(17)7-8-13(18)10(2)15-14(19)11-5-3-4-6-12(11)16(20)21/h3-6,10H,7-8H2,1-2H3,(H,15,19). The first-order chi connectivity index (χ1) is 9.82. The molecule has 0 aromatic heterocycles. The third-order valence-corrected chi connectivity index (χ3v) is 2.90. The molecule has 1 aromatic rings. The molecule has 0 aliphatic heterocycles. The van der Waals surface area contributed by atoms with E-state index in [9.17, 15) is 24.5 Å². The van der Waals surface area contributed by atoms with Gasteiger partial charge in [-0.05, 0) is 19.9 Å². The van der Waals surface area contributed by atoms with Gasteiger partial charge in [-0.25, -0.2) is 0 Å². The molecule has 0 saturated heterocycles. The maximum atomic E-state index is 12.0. The number of nitrogens with zero attached hydrogens (tertiary/aromatic N) is 1. The highest BCUT2D eigenvalue weighted by atomic mass is 16.6. The number of hydrogen-bond acceptors (Lipinski definition) is 5. The summed E-state index contributed by atoms with van der Waals surface area (Å²) in [6.07, 6.45) is 0.151. The van der Waals surface area contributed by atoms with Gasteiger partial charge in [-0.2, -0.15) is 0 Å². The summed E-state index contributed by atoms with van der Waals surface area (Å²) in [5.41, 5.74) is -0.424. The minimum atomic E-state index is -0.809. The van der Waals surface area contributed by atoms with Crippen LogP contribution in [-0.2, 0) is 9.59 Å². The molecule has 1 amide bonds. The third kappa shape index (κ3) is 4.79. The molecular weight excluding hydrogens is 276 g/mol. The van der Waals surface area contributed by atoms with Crippen molar-refractivity contribution in [3.05, 3.63) is 39.9 Å². The van der Waals surface area contributed by atoms with E-state index >= 15 is 0 Å². The molecule has 0 fully saturated rings. The van der Waals surface area contributed by atoms with Crippen molar-refractivity contribution >= 4 is 23.2 Å². The minimum absolute atomic E-state index is 0.0354. The Balaban J connectivity index is 2.75. The van der Waals surface area contributed by atoms with Gasteiger partial charge >= 0.3 is 0 Å². The molecule has 0 spiro atoms. The molecule has 0 bridgehead atoms. The lowest BCUT2D eigenvalue weighted by Gasteiger charge is -2.12. The summed E-state index contributed by atoms with van der Waals surface area (Å²) in [6.45, 7) is 2.86. The predicted octanol–water partition coefficient (Wildman–Crippen LogP) is 1.65. The van der Waals surface area contributed by atoms with Crippen LogP contribution in [0.4, 0.5) is 5.69 Å². The van der Waals surface area contributed by atoms with E-state index < -0.39 is 16.9 Å². The Morgan fingerprint density at radius 1 is 1.24 bits per heavy atom. The Morgan fingerprint density at radius 2 is 1.86 bits per heavy atom. The Kier molecular flexibility index (Phi) is 5.71. The lowest BCUT2D eigenvalue weighted by Crippen LogP contribution is -2.38. The lowest BCUT2D eigenvalue weighted by atomic mass is 10.1. The molecule has 0 saturated carbocycles. The molecule has 1 atom stereocenters. The summed E-state index contributed by atoms with van der Waals surface area (Å²) in [5.74, 6) is -1.09. The number of hydrogen-bond donors (Lipinski definition) is 1. The number of benzene rings is 1. The van der Waals surface area contributed by atoms with Gasteiger partial charge in [0, 0.05) is 18.9 Å². The van der Waals surface area contributed by atoms with Crippen molar-refractivity contribution in [2.45, 2.75) is 32.7 Å². The first-order valence-corrected chi connectivity index (χ1v) is 6.39. The maximum Gasteiger partial charge on any atom is 0.282 e. The van der Waals surface area contributed by atoms with E-state index in [4.69, 9.17) is 0 Å². The average Bonchev–Trinajstić information content (AvgIpc) is 2.44. The molecule has 0 aliphatic rings. The molecule has 0 radical (unpaired) electrons. The number of para-hydroxylation sites is 1. The van der Waals surface area contributed by atoms with E-state index in [1.807, 2.05) is 0 Å². The van der Waals surface area contributed by atoms with Crippen LogP contribution in [0.25, 0.3) is 0 Å². The fourth-order valence-electron chi connectivity index (χ4n) is 1.70. The fraction of sp³-hybridized carbons (Fsp3) is 0.357. The number of rotatable bonds is 7. The van der Waals surface area contributed by atoms with Crippen molar-refractivity contribution in [1.29, 1.82) is 0 Å². The number of nitro groups is 1. The average molecular weight is 292 g/mol. The first kappa shape index (κ1) is 16.5. The van der Waals surface area contributed by atoms with E-state index in [1.165, 1.54) is 38.1 Å². The van der Waals surface area contributed by atoms with E-state index in [0.29, 0.717) is 0 Å². The summed E-state index contributed by atoms with van der Waals surface area (Å²) in [4.78, 5) is 44.7. The van der Waals surface area contributed by atoms with Gasteiger partial charge in [-0.3, -0.25) is 19.7 Å². The van der Waals surface area contributed by atoms with E-state index in [-0.39, 0.29) is 35.7 Å². The van der Waals surface area contributed by atoms with Crippen molar-refractivity contribution in [2.75, 3.05) is 0 Å². The third-order valence-electron chi connectivity index (χ3n) is 2.90. The molecule has 7 nitrogen and oxygen atoms in total. The molecule has 1 rings (SSSR count). The zero-order valence-electron chi connectivity index (χ0n) is 11.8. The first-order valence-electron chi connectivity index (χ1n) is 6.39. The molecule has 1 N–H and O–H groups in total. The van der Waals surface area contributed by atoms with Crippen molar-refractivity contribution in [3.63, 3.8) is 0 Å². The van der Waals surface area contributed by atoms with Crippen LogP contribution in [0.3, 0.4) is 0 Å². The highest BCUT2D eigenvalue weighted by molar-refractivity contribution is 6.01. The van der Waals surface area contributed by atoms with Crippen LogP contribution < -0.4 is 5.32 Å². The number of Topliss-reactive ketones (excluding diaryl/α,β-unsaturated/α-hetero) is 2. The molecule has 7 heteroatoms. The highest BCUT2D eigenvalue weighted by Crippen LogP contribution is 2.17. The largest absolute Gasteiger partial charge is 0.342 e. The van der Waals surface area contributed by atoms with Crippen LogP contribution in [0.2, 0.25) is 0 Å². The Bertz CT molecular complexity index is 582. The van der Waals surface area contributed by atoms with Crippen molar-refractivity contribution < 1.29 is 19.3 Å². The normalized spacial score (nSPS) is 11.5. The van der Waals surface area contributed by atoms with Crippen molar-refractivity contribution in [3.8, 4) is 0 Å². The van der Waals surface area contributed by atoms with Gasteiger partial charge in [0.2, 0.25) is 0 Å². The van der Waals surface area contributed by atoms with Crippen molar-refractivity contribution in [1.82, 2.24) is 5.32 Å². The quantitative estimate of drug-likeness (QED) is 0.607. The highest BCUT2D eigenvalue weighted by Gasteiger charge is 2.22. The summed E-state index contributed by atoms with van der Waals surface area (Å²) in [7, 11) is 0. The molecule has 1 unspecified atom stereocenters. The van der Waals surface area contributed by atoms with Crippen LogP contribution in [0, 0.1) is 10.1 Å². The molecule has 0 aliphatic carbocycles. The minimum Gasteiger partial charge on any atom is -0.342 e. The molecule has 21 heavy (non-hydrogen) atoms. The second kappa shape index (κ2) is 7.28. The number of nitrogens with one attached hydrogen (secondary N) is 1. The van der Waals surface area contributed by atoms with Gasteiger partial charge in [0.1, 0.15) is 11.3 Å². The Morgan fingerprint density at radius 3 is 2.43 bits per heavy atom. The van der Waals surface area contributed by atoms with Crippen LogP contribution in [0.15, 0.2) is 24.3 Å². The van der Waals surface area contributed by atoms with Crippen LogP contribution >= 0.6 is 0 Å². The van der Waals surface area contributed by atoms with E-state index in [0.717, 1.165) is 0 Å². The van der Waals surface area contributed by atoms with Crippen molar-refractivity contribution in [2.24, 2.45) is 0 Å². The number of amides is 1. The number of carbonyl (C=O) groups excluding carboxylic acids is 3.